The standard InChI is InChI=1S/C25H26N2O4S/c1-14-7-20(28)8-15(2)21(14)11-22(26)24(29)27-12-19-9-16(18-5-6-32-13-18)3-4-17(19)10-23(27)25(30)31/h3-9,13,22-23,28H,10-12,26H2,1-2H3,(H,30,31)/t22-,23+/m1/s1. The number of phenolic OH excluding ortho intramolecular Hbond substituents is 1. The summed E-state index contributed by atoms with van der Waals surface area (Å²) in [5, 5.41) is 23.7. The molecule has 32 heavy (non-hydrogen) atoms. The number of hydrogen-bond acceptors (Lipinski definition) is 5. The van der Waals surface area contributed by atoms with Crippen molar-refractivity contribution in [1.29, 1.82) is 0 Å². The maximum Gasteiger partial charge on any atom is 0.326 e. The van der Waals surface area contributed by atoms with E-state index >= 15 is 0 Å². The molecule has 0 unspecified atom stereocenters. The minimum Gasteiger partial charge on any atom is -0.508 e. The van der Waals surface area contributed by atoms with Crippen LogP contribution in [0.15, 0.2) is 47.2 Å². The highest BCUT2D eigenvalue weighted by Crippen LogP contribution is 2.30. The fraction of sp³-hybridized carbons (Fsp3) is 0.280. The van der Waals surface area contributed by atoms with Crippen LogP contribution in [-0.2, 0) is 29.0 Å². The maximum absolute atomic E-state index is 13.3. The van der Waals surface area contributed by atoms with E-state index in [1.165, 1.54) is 4.90 Å². The predicted molar refractivity (Wildman–Crippen MR) is 125 cm³/mol. The fourth-order valence-corrected chi connectivity index (χ4v) is 5.12. The number of aliphatic carboxylic acids is 1. The number of aryl methyl sites for hydroxylation is 2. The third kappa shape index (κ3) is 4.26. The normalized spacial score (nSPS) is 16.5. The van der Waals surface area contributed by atoms with Crippen LogP contribution in [0.4, 0.5) is 0 Å². The topological polar surface area (TPSA) is 104 Å². The first kappa shape index (κ1) is 22.0. The minimum atomic E-state index is -1.03. The summed E-state index contributed by atoms with van der Waals surface area (Å²) in [6.07, 6.45) is 0.533. The lowest BCUT2D eigenvalue weighted by Gasteiger charge is -2.36. The van der Waals surface area contributed by atoms with Gasteiger partial charge in [-0.25, -0.2) is 4.79 Å². The average molecular weight is 451 g/mol. The van der Waals surface area contributed by atoms with Gasteiger partial charge in [0, 0.05) is 13.0 Å². The largest absolute Gasteiger partial charge is 0.508 e. The third-order valence-electron chi connectivity index (χ3n) is 6.18. The quantitative estimate of drug-likeness (QED) is 0.551. The second-order valence-electron chi connectivity index (χ2n) is 8.39. The monoisotopic (exact) mass is 450 g/mol. The molecule has 1 aliphatic heterocycles. The molecular weight excluding hydrogens is 424 g/mol. The summed E-state index contributed by atoms with van der Waals surface area (Å²) in [7, 11) is 0. The number of nitrogens with zero attached hydrogens (tertiary/aromatic N) is 1. The molecule has 2 atom stereocenters. The molecule has 2 heterocycles. The molecule has 0 radical (unpaired) electrons. The number of nitrogens with two attached hydrogens (primary N) is 1. The first-order chi connectivity index (χ1) is 15.2. The highest BCUT2D eigenvalue weighted by Gasteiger charge is 2.36. The summed E-state index contributed by atoms with van der Waals surface area (Å²) in [5.41, 5.74) is 12.9. The second kappa shape index (κ2) is 8.76. The van der Waals surface area contributed by atoms with E-state index in [9.17, 15) is 19.8 Å². The highest BCUT2D eigenvalue weighted by atomic mass is 32.1. The molecule has 166 valence electrons. The van der Waals surface area contributed by atoms with Crippen LogP contribution < -0.4 is 5.73 Å². The van der Waals surface area contributed by atoms with Gasteiger partial charge in [0.15, 0.2) is 0 Å². The molecule has 3 aromatic rings. The van der Waals surface area contributed by atoms with Gasteiger partial charge in [0.05, 0.1) is 6.04 Å². The van der Waals surface area contributed by atoms with Gasteiger partial charge in [-0.05, 0) is 94.2 Å². The van der Waals surface area contributed by atoms with Gasteiger partial charge in [0.2, 0.25) is 5.91 Å². The Hall–Kier alpha value is -3.16. The number of benzene rings is 2. The van der Waals surface area contributed by atoms with E-state index in [-0.39, 0.29) is 31.0 Å². The van der Waals surface area contributed by atoms with Gasteiger partial charge < -0.3 is 20.8 Å². The Morgan fingerprint density at radius 3 is 2.47 bits per heavy atom. The van der Waals surface area contributed by atoms with Gasteiger partial charge in [-0.2, -0.15) is 11.3 Å². The lowest BCUT2D eigenvalue weighted by molar-refractivity contribution is -0.152. The number of fused-ring (bicyclic) bond motifs is 1. The Labute approximate surface area is 190 Å². The summed E-state index contributed by atoms with van der Waals surface area (Å²) >= 11 is 1.62. The Morgan fingerprint density at radius 1 is 1.12 bits per heavy atom. The number of thiophene rings is 1. The summed E-state index contributed by atoms with van der Waals surface area (Å²) in [6.45, 7) is 3.94. The molecule has 0 fully saturated rings. The van der Waals surface area contributed by atoms with Crippen molar-refractivity contribution >= 4 is 23.2 Å². The van der Waals surface area contributed by atoms with Crippen LogP contribution in [0.3, 0.4) is 0 Å². The number of carbonyl (C=O) groups is 2. The number of carboxylic acids is 1. The van der Waals surface area contributed by atoms with Crippen LogP contribution in [-0.4, -0.2) is 39.1 Å². The van der Waals surface area contributed by atoms with Crippen LogP contribution in [0.2, 0.25) is 0 Å². The molecule has 2 aromatic carbocycles. The molecule has 1 amide bonds. The van der Waals surface area contributed by atoms with Gasteiger partial charge in [-0.15, -0.1) is 0 Å². The third-order valence-corrected chi connectivity index (χ3v) is 6.86. The van der Waals surface area contributed by atoms with E-state index < -0.39 is 18.1 Å². The van der Waals surface area contributed by atoms with Crippen molar-refractivity contribution < 1.29 is 19.8 Å². The highest BCUT2D eigenvalue weighted by molar-refractivity contribution is 7.08. The Balaban J connectivity index is 1.61. The Morgan fingerprint density at radius 2 is 1.84 bits per heavy atom. The summed E-state index contributed by atoms with van der Waals surface area (Å²) in [6, 6.07) is 9.50. The second-order valence-corrected chi connectivity index (χ2v) is 9.17. The van der Waals surface area contributed by atoms with Crippen molar-refractivity contribution in [2.75, 3.05) is 0 Å². The van der Waals surface area contributed by atoms with Crippen LogP contribution >= 0.6 is 11.3 Å². The van der Waals surface area contributed by atoms with Gasteiger partial charge in [0.1, 0.15) is 11.8 Å². The molecule has 1 aromatic heterocycles. The van der Waals surface area contributed by atoms with Crippen LogP contribution in [0.1, 0.15) is 27.8 Å². The smallest absolute Gasteiger partial charge is 0.326 e. The molecule has 0 spiro atoms. The molecule has 0 bridgehead atoms. The van der Waals surface area contributed by atoms with Crippen molar-refractivity contribution in [2.45, 2.75) is 45.3 Å². The number of rotatable bonds is 5. The van der Waals surface area contributed by atoms with Gasteiger partial charge in [-0.3, -0.25) is 4.79 Å². The van der Waals surface area contributed by atoms with Crippen LogP contribution in [0.5, 0.6) is 5.75 Å². The van der Waals surface area contributed by atoms with Crippen LogP contribution in [0, 0.1) is 13.8 Å². The average Bonchev–Trinajstić information content (AvgIpc) is 3.29. The molecule has 6 nitrogen and oxygen atoms in total. The van der Waals surface area contributed by atoms with Crippen molar-refractivity contribution in [3.05, 3.63) is 75.0 Å². The molecule has 0 saturated carbocycles. The minimum absolute atomic E-state index is 0.170. The molecular formula is C25H26N2O4S. The summed E-state index contributed by atoms with van der Waals surface area (Å²) < 4.78 is 0. The van der Waals surface area contributed by atoms with E-state index in [0.29, 0.717) is 0 Å². The zero-order valence-electron chi connectivity index (χ0n) is 18.0. The fourth-order valence-electron chi connectivity index (χ4n) is 4.46. The summed E-state index contributed by atoms with van der Waals surface area (Å²) in [4.78, 5) is 26.7. The molecule has 4 rings (SSSR count). The number of hydrogen-bond donors (Lipinski definition) is 3. The summed E-state index contributed by atoms with van der Waals surface area (Å²) in [5.74, 6) is -1.24. The van der Waals surface area contributed by atoms with E-state index in [1.807, 2.05) is 43.5 Å². The van der Waals surface area contributed by atoms with Gasteiger partial charge in [-0.1, -0.05) is 12.1 Å². The number of carboxylic acid groups (broad SMARTS) is 1. The van der Waals surface area contributed by atoms with E-state index in [1.54, 1.807) is 23.5 Å². The Kier molecular flexibility index (Phi) is 6.04. The molecule has 0 saturated heterocycles. The zero-order valence-corrected chi connectivity index (χ0v) is 18.9. The van der Waals surface area contributed by atoms with Crippen molar-refractivity contribution in [3.63, 3.8) is 0 Å². The first-order valence-corrected chi connectivity index (χ1v) is 11.4. The SMILES string of the molecule is Cc1cc(O)cc(C)c1C[C@@H](N)C(=O)N1Cc2cc(-c3ccsc3)ccc2C[C@H]1C(=O)O. The molecule has 7 heteroatoms. The molecule has 4 N–H and O–H groups in total. The van der Waals surface area contributed by atoms with Crippen molar-refractivity contribution in [2.24, 2.45) is 5.73 Å². The lowest BCUT2D eigenvalue weighted by atomic mass is 9.90. The molecule has 1 aliphatic rings. The zero-order chi connectivity index (χ0) is 23.0. The van der Waals surface area contributed by atoms with E-state index in [2.05, 4.69) is 5.38 Å². The maximum atomic E-state index is 13.3. The predicted octanol–water partition coefficient (Wildman–Crippen LogP) is 3.65. The Bertz CT molecular complexity index is 1150. The van der Waals surface area contributed by atoms with E-state index in [0.717, 1.165) is 38.9 Å². The van der Waals surface area contributed by atoms with Crippen molar-refractivity contribution in [3.8, 4) is 16.9 Å². The lowest BCUT2D eigenvalue weighted by Crippen LogP contribution is -2.54. The first-order valence-electron chi connectivity index (χ1n) is 10.5. The van der Waals surface area contributed by atoms with Crippen molar-refractivity contribution in [1.82, 2.24) is 4.90 Å². The van der Waals surface area contributed by atoms with E-state index in [4.69, 9.17) is 5.73 Å². The number of aromatic hydroxyl groups is 1. The number of phenols is 1. The van der Waals surface area contributed by atoms with Gasteiger partial charge >= 0.3 is 5.97 Å². The number of amides is 1. The van der Waals surface area contributed by atoms with Gasteiger partial charge in [0.25, 0.3) is 0 Å². The van der Waals surface area contributed by atoms with Crippen LogP contribution in [0.25, 0.3) is 11.1 Å². The molecule has 0 aliphatic carbocycles. The number of carbonyl (C=O) groups excluding carboxylic acids is 1.